The fraction of sp³-hybridized carbons (Fsp3) is 0.750. The molecule has 1 unspecified atom stereocenters. The molecule has 21 heavy (non-hydrogen) atoms. The Morgan fingerprint density at radius 1 is 1.48 bits per heavy atom. The van der Waals surface area contributed by atoms with Crippen molar-refractivity contribution in [1.29, 1.82) is 0 Å². The molecule has 0 aromatic carbocycles. The van der Waals surface area contributed by atoms with Crippen molar-refractivity contribution in [3.05, 3.63) is 15.6 Å². The summed E-state index contributed by atoms with van der Waals surface area (Å²) in [6.45, 7) is 11.9. The second kappa shape index (κ2) is 7.25. The summed E-state index contributed by atoms with van der Waals surface area (Å²) in [7, 11) is 1.88. The van der Waals surface area contributed by atoms with Gasteiger partial charge in [0, 0.05) is 25.0 Å². The van der Waals surface area contributed by atoms with E-state index in [0.717, 1.165) is 48.1 Å². The lowest BCUT2D eigenvalue weighted by Crippen LogP contribution is -2.39. The number of likely N-dealkylation sites (tertiary alicyclic amines) is 1. The highest BCUT2D eigenvalue weighted by Gasteiger charge is 2.25. The zero-order chi connectivity index (χ0) is 15.4. The van der Waals surface area contributed by atoms with Gasteiger partial charge in [0.25, 0.3) is 0 Å². The Bertz CT molecular complexity index is 492. The van der Waals surface area contributed by atoms with Crippen LogP contribution < -0.4 is 5.32 Å². The van der Waals surface area contributed by atoms with Gasteiger partial charge in [-0.2, -0.15) is 0 Å². The molecule has 4 nitrogen and oxygen atoms in total. The molecular weight excluding hydrogens is 280 g/mol. The number of guanidine groups is 1. The van der Waals surface area contributed by atoms with E-state index >= 15 is 0 Å². The third-order valence-corrected chi connectivity index (χ3v) is 5.08. The monoisotopic (exact) mass is 308 g/mol. The van der Waals surface area contributed by atoms with Crippen LogP contribution in [0.3, 0.4) is 0 Å². The summed E-state index contributed by atoms with van der Waals surface area (Å²) in [5, 5.41) is 4.64. The van der Waals surface area contributed by atoms with Crippen LogP contribution >= 0.6 is 11.3 Å². The number of thiazole rings is 1. The van der Waals surface area contributed by atoms with Gasteiger partial charge in [-0.25, -0.2) is 4.98 Å². The largest absolute Gasteiger partial charge is 0.351 e. The van der Waals surface area contributed by atoms with E-state index in [2.05, 4.69) is 47.9 Å². The number of nitrogens with one attached hydrogen (secondary N) is 1. The zero-order valence-electron chi connectivity index (χ0n) is 13.9. The van der Waals surface area contributed by atoms with E-state index < -0.39 is 0 Å². The van der Waals surface area contributed by atoms with E-state index in [1.54, 1.807) is 11.3 Å². The van der Waals surface area contributed by atoms with E-state index in [1.165, 1.54) is 17.7 Å². The average molecular weight is 308 g/mol. The van der Waals surface area contributed by atoms with Crippen LogP contribution in [0.1, 0.15) is 42.3 Å². The fourth-order valence-electron chi connectivity index (χ4n) is 3.11. The maximum absolute atomic E-state index is 4.48. The molecule has 1 saturated heterocycles. The van der Waals surface area contributed by atoms with Crippen molar-refractivity contribution < 1.29 is 0 Å². The van der Waals surface area contributed by atoms with Gasteiger partial charge in [-0.15, -0.1) is 11.3 Å². The molecule has 0 aliphatic carbocycles. The molecule has 0 radical (unpaired) electrons. The highest BCUT2D eigenvalue weighted by atomic mass is 32.1. The Morgan fingerprint density at radius 2 is 2.24 bits per heavy atom. The van der Waals surface area contributed by atoms with Crippen molar-refractivity contribution in [2.24, 2.45) is 16.8 Å². The molecule has 1 fully saturated rings. The zero-order valence-corrected chi connectivity index (χ0v) is 14.8. The van der Waals surface area contributed by atoms with Gasteiger partial charge in [0.05, 0.1) is 17.2 Å². The molecule has 1 atom stereocenters. The Labute approximate surface area is 132 Å². The molecule has 0 amide bonds. The average Bonchev–Trinajstić information content (AvgIpc) is 2.97. The molecule has 2 heterocycles. The molecule has 0 saturated carbocycles. The summed E-state index contributed by atoms with van der Waals surface area (Å²) in [4.78, 5) is 12.6. The Kier molecular flexibility index (Phi) is 5.62. The molecule has 1 aliphatic rings. The van der Waals surface area contributed by atoms with E-state index in [1.807, 2.05) is 7.05 Å². The lowest BCUT2D eigenvalue weighted by molar-refractivity contribution is 0.403. The van der Waals surface area contributed by atoms with Crippen LogP contribution in [0.4, 0.5) is 0 Å². The Morgan fingerprint density at radius 3 is 2.81 bits per heavy atom. The SMILES string of the molecule is CN=C(NCc1sc(C)nc1C)N1CCC(CC(C)C)C1. The first-order chi connectivity index (χ1) is 9.99. The first-order valence-corrected chi connectivity index (χ1v) is 8.69. The standard InChI is InChI=1S/C16H28N4S/c1-11(2)8-14-6-7-20(10-14)16(17-5)18-9-15-12(3)19-13(4)21-15/h11,14H,6-10H2,1-5H3,(H,17,18). The minimum atomic E-state index is 0.785. The van der Waals surface area contributed by atoms with Crippen LogP contribution in [0.15, 0.2) is 4.99 Å². The number of aromatic nitrogens is 1. The summed E-state index contributed by atoms with van der Waals surface area (Å²) in [5.41, 5.74) is 1.14. The lowest BCUT2D eigenvalue weighted by atomic mass is 9.97. The molecule has 2 rings (SSSR count). The second-order valence-electron chi connectivity index (χ2n) is 6.37. The third kappa shape index (κ3) is 4.43. The van der Waals surface area contributed by atoms with Crippen LogP contribution in [0, 0.1) is 25.7 Å². The highest BCUT2D eigenvalue weighted by Crippen LogP contribution is 2.23. The number of nitrogens with zero attached hydrogens (tertiary/aromatic N) is 3. The molecule has 1 aromatic rings. The van der Waals surface area contributed by atoms with Crippen molar-refractivity contribution in [2.45, 2.75) is 47.1 Å². The van der Waals surface area contributed by atoms with E-state index in [4.69, 9.17) is 0 Å². The normalized spacial score (nSPS) is 19.6. The van der Waals surface area contributed by atoms with Gasteiger partial charge >= 0.3 is 0 Å². The van der Waals surface area contributed by atoms with Gasteiger partial charge in [0.1, 0.15) is 0 Å². The van der Waals surface area contributed by atoms with E-state index in [0.29, 0.717) is 0 Å². The first-order valence-electron chi connectivity index (χ1n) is 7.88. The number of rotatable bonds is 4. The molecule has 1 aromatic heterocycles. The molecule has 5 heteroatoms. The summed E-state index contributed by atoms with van der Waals surface area (Å²) in [6, 6.07) is 0. The molecule has 1 N–H and O–H groups in total. The van der Waals surface area contributed by atoms with Gasteiger partial charge in [-0.05, 0) is 38.5 Å². The predicted molar refractivity (Wildman–Crippen MR) is 90.9 cm³/mol. The van der Waals surface area contributed by atoms with Crippen LogP contribution in [0.5, 0.6) is 0 Å². The summed E-state index contributed by atoms with van der Waals surface area (Å²) in [6.07, 6.45) is 2.61. The van der Waals surface area contributed by atoms with Crippen molar-refractivity contribution in [2.75, 3.05) is 20.1 Å². The van der Waals surface area contributed by atoms with Gasteiger partial charge in [-0.1, -0.05) is 13.8 Å². The summed E-state index contributed by atoms with van der Waals surface area (Å²) >= 11 is 1.77. The minimum absolute atomic E-state index is 0.785. The number of hydrogen-bond acceptors (Lipinski definition) is 3. The molecule has 118 valence electrons. The van der Waals surface area contributed by atoms with Gasteiger partial charge in [-0.3, -0.25) is 4.99 Å². The van der Waals surface area contributed by atoms with E-state index in [9.17, 15) is 0 Å². The predicted octanol–water partition coefficient (Wildman–Crippen LogP) is 3.20. The van der Waals surface area contributed by atoms with Crippen LogP contribution in [-0.4, -0.2) is 36.0 Å². The van der Waals surface area contributed by atoms with Crippen LogP contribution in [0.25, 0.3) is 0 Å². The smallest absolute Gasteiger partial charge is 0.193 e. The maximum atomic E-state index is 4.48. The minimum Gasteiger partial charge on any atom is -0.351 e. The third-order valence-electron chi connectivity index (χ3n) is 4.01. The first kappa shape index (κ1) is 16.3. The Balaban J connectivity index is 1.88. The molecule has 0 spiro atoms. The van der Waals surface area contributed by atoms with Crippen molar-refractivity contribution in [1.82, 2.24) is 15.2 Å². The van der Waals surface area contributed by atoms with Crippen LogP contribution in [0.2, 0.25) is 0 Å². The van der Waals surface area contributed by atoms with E-state index in [-0.39, 0.29) is 0 Å². The number of hydrogen-bond donors (Lipinski definition) is 1. The van der Waals surface area contributed by atoms with Gasteiger partial charge in [0.2, 0.25) is 0 Å². The van der Waals surface area contributed by atoms with Gasteiger partial charge < -0.3 is 10.2 Å². The summed E-state index contributed by atoms with van der Waals surface area (Å²) < 4.78 is 0. The maximum Gasteiger partial charge on any atom is 0.193 e. The molecule has 1 aliphatic heterocycles. The highest BCUT2D eigenvalue weighted by molar-refractivity contribution is 7.11. The summed E-state index contributed by atoms with van der Waals surface area (Å²) in [5.74, 6) is 2.63. The lowest BCUT2D eigenvalue weighted by Gasteiger charge is -2.22. The number of aryl methyl sites for hydroxylation is 2. The molecule has 0 bridgehead atoms. The topological polar surface area (TPSA) is 40.5 Å². The van der Waals surface area contributed by atoms with Crippen molar-refractivity contribution >= 4 is 17.3 Å². The Hall–Kier alpha value is -1.10. The van der Waals surface area contributed by atoms with Crippen LogP contribution in [-0.2, 0) is 6.54 Å². The quantitative estimate of drug-likeness (QED) is 0.686. The second-order valence-corrected chi connectivity index (χ2v) is 7.66. The molecular formula is C16H28N4S. The fourth-order valence-corrected chi connectivity index (χ4v) is 3.99. The van der Waals surface area contributed by atoms with Crippen molar-refractivity contribution in [3.8, 4) is 0 Å². The van der Waals surface area contributed by atoms with Crippen molar-refractivity contribution in [3.63, 3.8) is 0 Å². The number of aliphatic imine (C=N–C) groups is 1. The van der Waals surface area contributed by atoms with Gasteiger partial charge in [0.15, 0.2) is 5.96 Å².